The molecule has 0 saturated carbocycles. The maximum absolute atomic E-state index is 10.8. The number of rotatable bonds is 3. The van der Waals surface area contributed by atoms with E-state index in [0.29, 0.717) is 5.82 Å². The maximum Gasteiger partial charge on any atom is 0.415 e. The van der Waals surface area contributed by atoms with Crippen LogP contribution >= 0.6 is 0 Å². The number of aromatic nitrogens is 2. The van der Waals surface area contributed by atoms with E-state index >= 15 is 0 Å². The van der Waals surface area contributed by atoms with Crippen LogP contribution in [-0.2, 0) is 4.74 Å². The van der Waals surface area contributed by atoms with Gasteiger partial charge in [0.25, 0.3) is 0 Å². The van der Waals surface area contributed by atoms with Crippen molar-refractivity contribution in [2.45, 2.75) is 6.92 Å². The van der Waals surface area contributed by atoms with Crippen LogP contribution in [-0.4, -0.2) is 34.6 Å². The number of anilines is 1. The topological polar surface area (TPSA) is 97.5 Å². The van der Waals surface area contributed by atoms with Crippen molar-refractivity contribution in [3.63, 3.8) is 0 Å². The molecule has 7 nitrogen and oxygen atoms in total. The first-order valence-electron chi connectivity index (χ1n) is 3.57. The van der Waals surface area contributed by atoms with Crippen molar-refractivity contribution < 1.29 is 19.2 Å². The molecule has 1 aromatic heterocycles. The Hall–Kier alpha value is -1.63. The molecule has 0 aliphatic carbocycles. The first-order valence-corrected chi connectivity index (χ1v) is 3.57. The summed E-state index contributed by atoms with van der Waals surface area (Å²) in [6, 6.07) is -0.0274. The Balaban J connectivity index is 2.36. The smallest absolute Gasteiger partial charge is 0.415 e. The van der Waals surface area contributed by atoms with Crippen molar-refractivity contribution >= 4 is 12.1 Å². The van der Waals surface area contributed by atoms with Crippen LogP contribution in [0.2, 0.25) is 0 Å². The van der Waals surface area contributed by atoms with Gasteiger partial charge in [-0.05, 0) is 6.92 Å². The Morgan fingerprint density at radius 1 is 1.77 bits per heavy atom. The van der Waals surface area contributed by atoms with Gasteiger partial charge in [-0.3, -0.25) is 0 Å². The molecule has 0 radical (unpaired) electrons. The molecule has 1 rings (SSSR count). The van der Waals surface area contributed by atoms with Gasteiger partial charge in [0, 0.05) is 0 Å². The fourth-order valence-electron chi connectivity index (χ4n) is 0.610. The van der Waals surface area contributed by atoms with Gasteiger partial charge in [0.15, 0.2) is 5.82 Å². The second-order valence-corrected chi connectivity index (χ2v) is 2.13. The van der Waals surface area contributed by atoms with Crippen molar-refractivity contribution in [3.8, 4) is 0 Å². The lowest BCUT2D eigenvalue weighted by Crippen LogP contribution is -2.15. The first kappa shape index (κ1) is 9.46. The Kier molecular flexibility index (Phi) is 3.21. The molecule has 0 aliphatic rings. The largest absolute Gasteiger partial charge is 0.447 e. The van der Waals surface area contributed by atoms with Crippen LogP contribution in [0.15, 0.2) is 4.52 Å². The van der Waals surface area contributed by atoms with Crippen molar-refractivity contribution in [1.29, 1.82) is 0 Å². The summed E-state index contributed by atoms with van der Waals surface area (Å²) in [5.74, 6) is 0.414. The van der Waals surface area contributed by atoms with E-state index < -0.39 is 6.09 Å². The fraction of sp³-hybridized carbons (Fsp3) is 0.500. The van der Waals surface area contributed by atoms with Gasteiger partial charge >= 0.3 is 12.1 Å². The van der Waals surface area contributed by atoms with E-state index in [1.54, 1.807) is 6.92 Å². The van der Waals surface area contributed by atoms with Gasteiger partial charge in [-0.2, -0.15) is 4.98 Å². The summed E-state index contributed by atoms with van der Waals surface area (Å²) in [4.78, 5) is 14.5. The number of nitrogens with zero attached hydrogens (tertiary/aromatic N) is 2. The number of ether oxygens (including phenoxy) is 1. The van der Waals surface area contributed by atoms with E-state index in [-0.39, 0.29) is 19.2 Å². The quantitative estimate of drug-likeness (QED) is 0.686. The summed E-state index contributed by atoms with van der Waals surface area (Å²) in [7, 11) is 0. The fourth-order valence-corrected chi connectivity index (χ4v) is 0.610. The highest BCUT2D eigenvalue weighted by Crippen LogP contribution is 2.01. The number of aryl methyl sites for hydroxylation is 1. The third kappa shape index (κ3) is 3.08. The number of aliphatic hydroxyl groups excluding tert-OH is 1. The molecule has 0 aromatic carbocycles. The molecule has 1 amide bonds. The van der Waals surface area contributed by atoms with E-state index in [1.165, 1.54) is 0 Å². The SMILES string of the molecule is Cc1noc(NC(=O)OCCO)n1. The monoisotopic (exact) mass is 187 g/mol. The van der Waals surface area contributed by atoms with Crippen molar-refractivity contribution in [1.82, 2.24) is 10.1 Å². The van der Waals surface area contributed by atoms with Crippen molar-refractivity contribution in [2.24, 2.45) is 0 Å². The predicted molar refractivity (Wildman–Crippen MR) is 41.1 cm³/mol. The summed E-state index contributed by atoms with van der Waals surface area (Å²) in [6.45, 7) is 1.32. The lowest BCUT2D eigenvalue weighted by molar-refractivity contribution is 0.130. The average molecular weight is 187 g/mol. The number of aliphatic hydroxyl groups is 1. The van der Waals surface area contributed by atoms with Crippen LogP contribution in [0.4, 0.5) is 10.8 Å². The summed E-state index contributed by atoms with van der Waals surface area (Å²) < 4.78 is 9.06. The standard InChI is InChI=1S/C6H9N3O4/c1-4-7-5(13-9-4)8-6(11)12-3-2-10/h10H,2-3H2,1H3,(H,7,8,9,11). The zero-order chi connectivity index (χ0) is 9.68. The van der Waals surface area contributed by atoms with E-state index in [9.17, 15) is 4.79 Å². The van der Waals surface area contributed by atoms with E-state index in [0.717, 1.165) is 0 Å². The molecule has 0 atom stereocenters. The van der Waals surface area contributed by atoms with Gasteiger partial charge in [0.05, 0.1) is 6.61 Å². The van der Waals surface area contributed by atoms with Gasteiger partial charge in [-0.25, -0.2) is 10.1 Å². The molecule has 1 heterocycles. The lowest BCUT2D eigenvalue weighted by atomic mass is 10.7. The summed E-state index contributed by atoms with van der Waals surface area (Å²) >= 11 is 0. The Morgan fingerprint density at radius 3 is 3.08 bits per heavy atom. The van der Waals surface area contributed by atoms with Gasteiger partial charge in [0.1, 0.15) is 6.61 Å². The number of amides is 1. The lowest BCUT2D eigenvalue weighted by Gasteiger charge is -1.99. The molecule has 0 aliphatic heterocycles. The number of hydrogen-bond acceptors (Lipinski definition) is 6. The molecule has 0 unspecified atom stereocenters. The number of carbonyl (C=O) groups is 1. The highest BCUT2D eigenvalue weighted by atomic mass is 16.6. The maximum atomic E-state index is 10.8. The number of hydrogen-bond donors (Lipinski definition) is 2. The molecule has 1 aromatic rings. The predicted octanol–water partition coefficient (Wildman–Crippen LogP) is -0.0812. The molecule has 7 heteroatoms. The average Bonchev–Trinajstić information content (AvgIpc) is 2.48. The third-order valence-corrected chi connectivity index (χ3v) is 1.06. The second-order valence-electron chi connectivity index (χ2n) is 2.13. The van der Waals surface area contributed by atoms with E-state index in [1.807, 2.05) is 0 Å². The van der Waals surface area contributed by atoms with Gasteiger partial charge < -0.3 is 14.4 Å². The molecule has 72 valence electrons. The molecule has 0 saturated heterocycles. The third-order valence-electron chi connectivity index (χ3n) is 1.06. The summed E-state index contributed by atoms with van der Waals surface area (Å²) in [6.07, 6.45) is -0.738. The van der Waals surface area contributed by atoms with Crippen LogP contribution in [0, 0.1) is 6.92 Å². The van der Waals surface area contributed by atoms with Crippen molar-refractivity contribution in [3.05, 3.63) is 5.82 Å². The van der Waals surface area contributed by atoms with E-state index in [4.69, 9.17) is 5.11 Å². The Bertz CT molecular complexity index is 285. The van der Waals surface area contributed by atoms with Crippen LogP contribution < -0.4 is 5.32 Å². The van der Waals surface area contributed by atoms with Crippen LogP contribution in [0.25, 0.3) is 0 Å². The van der Waals surface area contributed by atoms with Gasteiger partial charge in [-0.15, -0.1) is 0 Å². The van der Waals surface area contributed by atoms with Crippen LogP contribution in [0.3, 0.4) is 0 Å². The number of carbonyl (C=O) groups excluding carboxylic acids is 1. The minimum absolute atomic E-state index is 0.0274. The van der Waals surface area contributed by atoms with Gasteiger partial charge in [0.2, 0.25) is 0 Å². The Morgan fingerprint density at radius 2 is 2.54 bits per heavy atom. The molecule has 13 heavy (non-hydrogen) atoms. The highest BCUT2D eigenvalue weighted by molar-refractivity contribution is 5.81. The number of nitrogens with one attached hydrogen (secondary N) is 1. The minimum Gasteiger partial charge on any atom is -0.447 e. The molecule has 2 N–H and O–H groups in total. The highest BCUT2D eigenvalue weighted by Gasteiger charge is 2.07. The Labute approximate surface area is 73.7 Å². The van der Waals surface area contributed by atoms with Crippen LogP contribution in [0.5, 0.6) is 0 Å². The van der Waals surface area contributed by atoms with Gasteiger partial charge in [-0.1, -0.05) is 5.16 Å². The van der Waals surface area contributed by atoms with E-state index in [2.05, 4.69) is 24.7 Å². The molecule has 0 spiro atoms. The molecular weight excluding hydrogens is 178 g/mol. The summed E-state index contributed by atoms with van der Waals surface area (Å²) in [5.41, 5.74) is 0. The molecule has 0 bridgehead atoms. The zero-order valence-electron chi connectivity index (χ0n) is 6.98. The van der Waals surface area contributed by atoms with Crippen molar-refractivity contribution in [2.75, 3.05) is 18.5 Å². The second kappa shape index (κ2) is 4.41. The zero-order valence-corrected chi connectivity index (χ0v) is 6.98. The van der Waals surface area contributed by atoms with Crippen LogP contribution in [0.1, 0.15) is 5.82 Å². The molecule has 0 fully saturated rings. The minimum atomic E-state index is -0.738. The normalized spacial score (nSPS) is 9.69. The molecular formula is C6H9N3O4. The summed E-state index contributed by atoms with van der Waals surface area (Å²) in [5, 5.41) is 14.0. The first-order chi connectivity index (χ1) is 6.22.